The van der Waals surface area contributed by atoms with E-state index in [2.05, 4.69) is 5.10 Å². The number of aryl methyl sites for hydroxylation is 1. The molecular weight excluding hydrogens is 318 g/mol. The van der Waals surface area contributed by atoms with E-state index in [1.165, 1.54) is 0 Å². The molecule has 1 aromatic heterocycles. The summed E-state index contributed by atoms with van der Waals surface area (Å²) in [7, 11) is 0. The highest BCUT2D eigenvalue weighted by Gasteiger charge is 2.35. The van der Waals surface area contributed by atoms with Crippen molar-refractivity contribution in [2.75, 3.05) is 13.2 Å². The van der Waals surface area contributed by atoms with E-state index in [0.717, 1.165) is 37.9 Å². The van der Waals surface area contributed by atoms with E-state index in [0.29, 0.717) is 11.5 Å². The van der Waals surface area contributed by atoms with Gasteiger partial charge >= 0.3 is 0 Å². The first-order valence-corrected chi connectivity index (χ1v) is 8.89. The Balaban J connectivity index is 1.47. The molecule has 1 aromatic carbocycles. The predicted octanol–water partition coefficient (Wildman–Crippen LogP) is 2.41. The number of carbonyl (C=O) groups is 1. The maximum Gasteiger partial charge on any atom is 0.267 e. The first-order chi connectivity index (χ1) is 12.2. The van der Waals surface area contributed by atoms with Gasteiger partial charge in [-0.2, -0.15) is 5.10 Å². The number of amides is 1. The molecule has 0 N–H and O–H groups in total. The van der Waals surface area contributed by atoms with Gasteiger partial charge in [0, 0.05) is 12.7 Å². The maximum atomic E-state index is 13.1. The quantitative estimate of drug-likeness (QED) is 0.860. The molecule has 1 saturated heterocycles. The lowest BCUT2D eigenvalue weighted by atomic mass is 10.0. The second-order valence-electron chi connectivity index (χ2n) is 6.79. The molecule has 6 heteroatoms. The van der Waals surface area contributed by atoms with Gasteiger partial charge in [-0.3, -0.25) is 9.48 Å². The summed E-state index contributed by atoms with van der Waals surface area (Å²) in [5, 5.41) is 4.37. The van der Waals surface area contributed by atoms with Gasteiger partial charge in [-0.15, -0.1) is 0 Å². The third-order valence-electron chi connectivity index (χ3n) is 4.85. The molecule has 4 rings (SSSR count). The Morgan fingerprint density at radius 2 is 2.12 bits per heavy atom. The number of para-hydroxylation sites is 2. The number of benzene rings is 1. The molecule has 2 aliphatic rings. The third-order valence-corrected chi connectivity index (χ3v) is 4.85. The Bertz CT molecular complexity index is 758. The summed E-state index contributed by atoms with van der Waals surface area (Å²) >= 11 is 0. The van der Waals surface area contributed by atoms with E-state index >= 15 is 0 Å². The minimum atomic E-state index is -0.574. The molecule has 1 fully saturated rings. The van der Waals surface area contributed by atoms with Gasteiger partial charge in [0.15, 0.2) is 11.5 Å². The number of rotatable bonds is 3. The standard InChI is InChI=1S/C19H23N3O3/c1-14-10-20-21(11-14)12-15-6-4-5-9-22(15)19(23)18-13-24-16-7-2-3-8-17(16)25-18/h2-3,7-8,10-11,15,18H,4-6,9,12-13H2,1H3. The number of fused-ring (bicyclic) bond motifs is 1. The summed E-state index contributed by atoms with van der Waals surface area (Å²) < 4.78 is 13.6. The second kappa shape index (κ2) is 6.78. The molecule has 0 radical (unpaired) electrons. The van der Waals surface area contributed by atoms with Crippen LogP contribution in [-0.4, -0.2) is 45.9 Å². The molecule has 3 heterocycles. The topological polar surface area (TPSA) is 56.6 Å². The zero-order valence-corrected chi connectivity index (χ0v) is 14.4. The van der Waals surface area contributed by atoms with E-state index in [4.69, 9.17) is 9.47 Å². The monoisotopic (exact) mass is 341 g/mol. The van der Waals surface area contributed by atoms with Crippen molar-refractivity contribution in [1.82, 2.24) is 14.7 Å². The average molecular weight is 341 g/mol. The fourth-order valence-corrected chi connectivity index (χ4v) is 3.59. The fraction of sp³-hybridized carbons (Fsp3) is 0.474. The Hall–Kier alpha value is -2.50. The van der Waals surface area contributed by atoms with Crippen molar-refractivity contribution in [3.8, 4) is 11.5 Å². The van der Waals surface area contributed by atoms with Gasteiger partial charge in [-0.25, -0.2) is 0 Å². The molecule has 25 heavy (non-hydrogen) atoms. The lowest BCUT2D eigenvalue weighted by molar-refractivity contribution is -0.145. The van der Waals surface area contributed by atoms with Crippen LogP contribution in [0.2, 0.25) is 0 Å². The van der Waals surface area contributed by atoms with Crippen molar-refractivity contribution in [2.45, 2.75) is 44.9 Å². The first kappa shape index (κ1) is 16.0. The molecular formula is C19H23N3O3. The average Bonchev–Trinajstić information content (AvgIpc) is 3.06. The molecule has 0 saturated carbocycles. The lowest BCUT2D eigenvalue weighted by Crippen LogP contribution is -2.53. The highest BCUT2D eigenvalue weighted by atomic mass is 16.6. The molecule has 2 atom stereocenters. The van der Waals surface area contributed by atoms with E-state index in [-0.39, 0.29) is 18.6 Å². The van der Waals surface area contributed by atoms with Gasteiger partial charge in [0.2, 0.25) is 6.10 Å². The Kier molecular flexibility index (Phi) is 4.34. The number of ether oxygens (including phenoxy) is 2. The minimum absolute atomic E-state index is 0.0167. The number of piperidine rings is 1. The molecule has 2 aliphatic heterocycles. The van der Waals surface area contributed by atoms with Gasteiger partial charge in [0.1, 0.15) is 6.61 Å². The third kappa shape index (κ3) is 3.34. The highest BCUT2D eigenvalue weighted by Crippen LogP contribution is 2.32. The van der Waals surface area contributed by atoms with Gasteiger partial charge in [-0.1, -0.05) is 12.1 Å². The first-order valence-electron chi connectivity index (χ1n) is 8.89. The molecule has 2 unspecified atom stereocenters. The Morgan fingerprint density at radius 1 is 1.28 bits per heavy atom. The molecule has 1 amide bonds. The maximum absolute atomic E-state index is 13.1. The number of nitrogens with zero attached hydrogens (tertiary/aromatic N) is 3. The predicted molar refractivity (Wildman–Crippen MR) is 92.7 cm³/mol. The minimum Gasteiger partial charge on any atom is -0.485 e. The summed E-state index contributed by atoms with van der Waals surface area (Å²) in [6.45, 7) is 3.78. The SMILES string of the molecule is Cc1cnn(CC2CCCCN2C(=O)C2COc3ccccc3O2)c1. The van der Waals surface area contributed by atoms with Crippen LogP contribution in [0.3, 0.4) is 0 Å². The lowest BCUT2D eigenvalue weighted by Gasteiger charge is -2.38. The molecule has 0 aliphatic carbocycles. The van der Waals surface area contributed by atoms with Crippen LogP contribution in [0.4, 0.5) is 0 Å². The van der Waals surface area contributed by atoms with E-state index in [1.807, 2.05) is 53.2 Å². The number of aromatic nitrogens is 2. The van der Waals surface area contributed by atoms with Crippen LogP contribution in [0.1, 0.15) is 24.8 Å². The van der Waals surface area contributed by atoms with Crippen molar-refractivity contribution < 1.29 is 14.3 Å². The summed E-state index contributed by atoms with van der Waals surface area (Å²) in [5.41, 5.74) is 1.13. The highest BCUT2D eigenvalue weighted by molar-refractivity contribution is 5.82. The fourth-order valence-electron chi connectivity index (χ4n) is 3.59. The van der Waals surface area contributed by atoms with E-state index in [1.54, 1.807) is 0 Å². The smallest absolute Gasteiger partial charge is 0.267 e. The van der Waals surface area contributed by atoms with Crippen molar-refractivity contribution in [2.24, 2.45) is 0 Å². The van der Waals surface area contributed by atoms with E-state index < -0.39 is 6.10 Å². The van der Waals surface area contributed by atoms with E-state index in [9.17, 15) is 4.79 Å². The number of carbonyl (C=O) groups excluding carboxylic acids is 1. The number of likely N-dealkylation sites (tertiary alicyclic amines) is 1. The van der Waals surface area contributed by atoms with Crippen molar-refractivity contribution in [3.05, 3.63) is 42.2 Å². The molecule has 0 bridgehead atoms. The summed E-state index contributed by atoms with van der Waals surface area (Å²) in [5.74, 6) is 1.36. The van der Waals surface area contributed by atoms with Gasteiger partial charge in [-0.05, 0) is 43.9 Å². The van der Waals surface area contributed by atoms with Crippen LogP contribution in [0, 0.1) is 6.92 Å². The largest absolute Gasteiger partial charge is 0.485 e. The summed E-state index contributed by atoms with van der Waals surface area (Å²) in [6.07, 6.45) is 6.46. The molecule has 0 spiro atoms. The van der Waals surface area contributed by atoms with Crippen LogP contribution >= 0.6 is 0 Å². The van der Waals surface area contributed by atoms with Crippen LogP contribution in [0.25, 0.3) is 0 Å². The normalized spacial score (nSPS) is 22.7. The molecule has 132 valence electrons. The zero-order valence-electron chi connectivity index (χ0n) is 14.4. The summed E-state index contributed by atoms with van der Waals surface area (Å²) in [4.78, 5) is 15.0. The van der Waals surface area contributed by atoms with Gasteiger partial charge in [0.25, 0.3) is 5.91 Å². The van der Waals surface area contributed by atoms with Crippen molar-refractivity contribution in [3.63, 3.8) is 0 Å². The second-order valence-corrected chi connectivity index (χ2v) is 6.79. The van der Waals surface area contributed by atoms with Crippen LogP contribution in [0.5, 0.6) is 11.5 Å². The Labute approximate surface area is 147 Å². The van der Waals surface area contributed by atoms with Gasteiger partial charge < -0.3 is 14.4 Å². The summed E-state index contributed by atoms with van der Waals surface area (Å²) in [6, 6.07) is 7.64. The Morgan fingerprint density at radius 3 is 2.92 bits per heavy atom. The van der Waals surface area contributed by atoms with Crippen LogP contribution < -0.4 is 9.47 Å². The molecule has 6 nitrogen and oxygen atoms in total. The number of hydrogen-bond acceptors (Lipinski definition) is 4. The van der Waals surface area contributed by atoms with Crippen LogP contribution in [-0.2, 0) is 11.3 Å². The number of hydrogen-bond donors (Lipinski definition) is 0. The van der Waals surface area contributed by atoms with Crippen molar-refractivity contribution >= 4 is 5.91 Å². The zero-order chi connectivity index (χ0) is 17.2. The van der Waals surface area contributed by atoms with Gasteiger partial charge in [0.05, 0.1) is 18.8 Å². The van der Waals surface area contributed by atoms with Crippen molar-refractivity contribution in [1.29, 1.82) is 0 Å². The van der Waals surface area contributed by atoms with Crippen LogP contribution in [0.15, 0.2) is 36.7 Å². The molecule has 2 aromatic rings.